The molecule has 3 rings (SSSR count). The number of hydrogen-bond donors (Lipinski definition) is 0. The first-order chi connectivity index (χ1) is 8.85. The highest BCUT2D eigenvalue weighted by Crippen LogP contribution is 2.29. The Morgan fingerprint density at radius 1 is 1.28 bits per heavy atom. The summed E-state index contributed by atoms with van der Waals surface area (Å²) in [6, 6.07) is 8.45. The Balaban J connectivity index is 2.16. The molecule has 0 bridgehead atoms. The molecule has 1 atom stereocenters. The van der Waals surface area contributed by atoms with Crippen LogP contribution in [0, 0.1) is 0 Å². The average Bonchev–Trinajstić information content (AvgIpc) is 2.85. The number of nitrogens with zero attached hydrogens (tertiary/aromatic N) is 3. The van der Waals surface area contributed by atoms with E-state index in [1.54, 1.807) is 7.11 Å². The summed E-state index contributed by atoms with van der Waals surface area (Å²) in [7, 11) is 1.73. The van der Waals surface area contributed by atoms with Gasteiger partial charge in [-0.2, -0.15) is 0 Å². The Morgan fingerprint density at radius 3 is 2.89 bits per heavy atom. The van der Waals surface area contributed by atoms with E-state index in [1.165, 1.54) is 11.3 Å². The van der Waals surface area contributed by atoms with E-state index in [0.717, 1.165) is 30.9 Å². The number of benzene rings is 1. The third kappa shape index (κ3) is 1.64. The summed E-state index contributed by atoms with van der Waals surface area (Å²) in [5.74, 6) is 1.96. The fourth-order valence-electron chi connectivity index (χ4n) is 2.60. The number of ether oxygens (including phenoxy) is 1. The summed E-state index contributed by atoms with van der Waals surface area (Å²) in [5.41, 5.74) is 2.56. The molecule has 94 valence electrons. The van der Waals surface area contributed by atoms with Gasteiger partial charge in [-0.05, 0) is 24.5 Å². The number of fused-ring (bicyclic) bond motifs is 3. The minimum atomic E-state index is 0.0115. The minimum absolute atomic E-state index is 0.0115. The molecule has 2 heterocycles. The fraction of sp³-hybridized carbons (Fsp3) is 0.429. The zero-order valence-corrected chi connectivity index (χ0v) is 10.8. The minimum Gasteiger partial charge on any atom is -0.373 e. The van der Waals surface area contributed by atoms with Gasteiger partial charge in [0.05, 0.1) is 5.69 Å². The van der Waals surface area contributed by atoms with Crippen LogP contribution >= 0.6 is 0 Å². The molecule has 1 aromatic heterocycles. The van der Waals surface area contributed by atoms with Gasteiger partial charge in [-0.1, -0.05) is 25.1 Å². The van der Waals surface area contributed by atoms with E-state index in [4.69, 9.17) is 4.74 Å². The summed E-state index contributed by atoms with van der Waals surface area (Å²) in [6.07, 6.45) is 2.90. The molecule has 0 aliphatic carbocycles. The topological polar surface area (TPSA) is 39.9 Å². The van der Waals surface area contributed by atoms with Crippen molar-refractivity contribution in [3.05, 3.63) is 41.5 Å². The van der Waals surface area contributed by atoms with Crippen LogP contribution in [0.1, 0.15) is 36.7 Å². The summed E-state index contributed by atoms with van der Waals surface area (Å²) in [6.45, 7) is 2.10. The Labute approximate surface area is 107 Å². The van der Waals surface area contributed by atoms with Crippen LogP contribution in [0.15, 0.2) is 24.3 Å². The van der Waals surface area contributed by atoms with Gasteiger partial charge in [0.25, 0.3) is 0 Å². The van der Waals surface area contributed by atoms with E-state index in [0.29, 0.717) is 0 Å². The molecular formula is C14H17N3O. The Hall–Kier alpha value is -1.68. The zero-order valence-electron chi connectivity index (χ0n) is 10.8. The maximum atomic E-state index is 5.50. The first kappa shape index (κ1) is 11.4. The lowest BCUT2D eigenvalue weighted by atomic mass is 10.0. The second-order valence-electron chi connectivity index (χ2n) is 4.57. The van der Waals surface area contributed by atoms with Gasteiger partial charge < -0.3 is 4.74 Å². The Kier molecular flexibility index (Phi) is 2.88. The van der Waals surface area contributed by atoms with Gasteiger partial charge in [0.2, 0.25) is 0 Å². The van der Waals surface area contributed by atoms with Gasteiger partial charge >= 0.3 is 0 Å². The molecule has 0 saturated carbocycles. The second kappa shape index (κ2) is 4.53. The van der Waals surface area contributed by atoms with Crippen molar-refractivity contribution in [3.8, 4) is 5.69 Å². The number of rotatable bonds is 3. The van der Waals surface area contributed by atoms with E-state index in [2.05, 4.69) is 46.0 Å². The number of hydrogen-bond acceptors (Lipinski definition) is 3. The highest BCUT2D eigenvalue weighted by atomic mass is 16.5. The first-order valence-corrected chi connectivity index (χ1v) is 6.40. The lowest BCUT2D eigenvalue weighted by molar-refractivity contribution is 0.0909. The molecule has 0 spiro atoms. The van der Waals surface area contributed by atoms with Crippen molar-refractivity contribution in [3.63, 3.8) is 0 Å². The molecule has 1 aliphatic heterocycles. The van der Waals surface area contributed by atoms with Crippen molar-refractivity contribution >= 4 is 0 Å². The molecule has 0 fully saturated rings. The number of para-hydroxylation sites is 1. The molecule has 4 heteroatoms. The monoisotopic (exact) mass is 243 g/mol. The summed E-state index contributed by atoms with van der Waals surface area (Å²) in [5, 5.41) is 8.63. The zero-order chi connectivity index (χ0) is 12.5. The van der Waals surface area contributed by atoms with E-state index < -0.39 is 0 Å². The highest BCUT2D eigenvalue weighted by Gasteiger charge is 2.24. The van der Waals surface area contributed by atoms with Crippen LogP contribution in [-0.4, -0.2) is 21.9 Å². The molecule has 1 aromatic carbocycles. The normalized spacial score (nSPS) is 15.0. The molecule has 1 aliphatic rings. The number of aryl methyl sites for hydroxylation is 2. The van der Waals surface area contributed by atoms with E-state index in [-0.39, 0.29) is 6.10 Å². The van der Waals surface area contributed by atoms with Crippen LogP contribution in [0.5, 0.6) is 0 Å². The standard InChI is InChI=1S/C14H17N3O/c1-3-12(18-2)14-16-15-13-9-8-10-6-4-5-7-11(10)17(13)14/h4-7,12H,3,8-9H2,1-2H3. The quantitative estimate of drug-likeness (QED) is 0.831. The smallest absolute Gasteiger partial charge is 0.166 e. The SMILES string of the molecule is CCC(OC)c1nnc2n1-c1ccccc1CC2. The van der Waals surface area contributed by atoms with Crippen LogP contribution < -0.4 is 0 Å². The first-order valence-electron chi connectivity index (χ1n) is 6.40. The molecule has 4 nitrogen and oxygen atoms in total. The van der Waals surface area contributed by atoms with Gasteiger partial charge in [-0.3, -0.25) is 4.57 Å². The molecule has 0 N–H and O–H groups in total. The largest absolute Gasteiger partial charge is 0.373 e. The van der Waals surface area contributed by atoms with Gasteiger partial charge in [-0.15, -0.1) is 10.2 Å². The molecule has 18 heavy (non-hydrogen) atoms. The summed E-state index contributed by atoms with van der Waals surface area (Å²) >= 11 is 0. The molecule has 1 unspecified atom stereocenters. The second-order valence-corrected chi connectivity index (χ2v) is 4.57. The van der Waals surface area contributed by atoms with Crippen molar-refractivity contribution in [2.45, 2.75) is 32.3 Å². The predicted octanol–water partition coefficient (Wildman–Crippen LogP) is 2.46. The van der Waals surface area contributed by atoms with Crippen LogP contribution in [0.4, 0.5) is 0 Å². The third-order valence-electron chi connectivity index (χ3n) is 3.55. The summed E-state index contributed by atoms with van der Waals surface area (Å²) in [4.78, 5) is 0. The van der Waals surface area contributed by atoms with Gasteiger partial charge in [-0.25, -0.2) is 0 Å². The average molecular weight is 243 g/mol. The van der Waals surface area contributed by atoms with E-state index in [9.17, 15) is 0 Å². The highest BCUT2D eigenvalue weighted by molar-refractivity contribution is 5.45. The number of methoxy groups -OCH3 is 1. The molecule has 0 saturated heterocycles. The Bertz CT molecular complexity index is 558. The van der Waals surface area contributed by atoms with E-state index in [1.807, 2.05) is 0 Å². The fourth-order valence-corrected chi connectivity index (χ4v) is 2.60. The molecule has 0 radical (unpaired) electrons. The van der Waals surface area contributed by atoms with Crippen LogP contribution in [0.25, 0.3) is 5.69 Å². The van der Waals surface area contributed by atoms with Gasteiger partial charge in [0, 0.05) is 13.5 Å². The lowest BCUT2D eigenvalue weighted by Crippen LogP contribution is -2.16. The molecule has 2 aromatic rings. The van der Waals surface area contributed by atoms with Crippen LogP contribution in [0.3, 0.4) is 0 Å². The summed E-state index contributed by atoms with van der Waals surface area (Å²) < 4.78 is 7.66. The van der Waals surface area contributed by atoms with Gasteiger partial charge in [0.15, 0.2) is 5.82 Å². The van der Waals surface area contributed by atoms with Crippen molar-refractivity contribution in [1.29, 1.82) is 0 Å². The van der Waals surface area contributed by atoms with Crippen molar-refractivity contribution in [2.75, 3.05) is 7.11 Å². The van der Waals surface area contributed by atoms with E-state index >= 15 is 0 Å². The third-order valence-corrected chi connectivity index (χ3v) is 3.55. The maximum absolute atomic E-state index is 5.50. The molecular weight excluding hydrogens is 226 g/mol. The predicted molar refractivity (Wildman–Crippen MR) is 68.8 cm³/mol. The van der Waals surface area contributed by atoms with Crippen LogP contribution in [0.2, 0.25) is 0 Å². The van der Waals surface area contributed by atoms with Crippen LogP contribution in [-0.2, 0) is 17.6 Å². The number of aromatic nitrogens is 3. The maximum Gasteiger partial charge on any atom is 0.166 e. The van der Waals surface area contributed by atoms with Crippen molar-refractivity contribution in [1.82, 2.24) is 14.8 Å². The molecule has 0 amide bonds. The lowest BCUT2D eigenvalue weighted by Gasteiger charge is -2.21. The van der Waals surface area contributed by atoms with Crippen molar-refractivity contribution < 1.29 is 4.74 Å². The van der Waals surface area contributed by atoms with Gasteiger partial charge in [0.1, 0.15) is 11.9 Å². The van der Waals surface area contributed by atoms with Crippen molar-refractivity contribution in [2.24, 2.45) is 0 Å². The Morgan fingerprint density at radius 2 is 2.11 bits per heavy atom.